The van der Waals surface area contributed by atoms with Crippen molar-refractivity contribution in [1.29, 1.82) is 0 Å². The quantitative estimate of drug-likeness (QED) is 0.604. The minimum Gasteiger partial charge on any atom is -0.477 e. The highest BCUT2D eigenvalue weighted by molar-refractivity contribution is 6.33. The maximum atomic E-state index is 12.8. The third kappa shape index (κ3) is 4.20. The van der Waals surface area contributed by atoms with E-state index >= 15 is 0 Å². The number of anilines is 1. The second-order valence-electron chi connectivity index (χ2n) is 6.99. The Bertz CT molecular complexity index is 705. The van der Waals surface area contributed by atoms with E-state index in [1.165, 1.54) is 12.8 Å². The van der Waals surface area contributed by atoms with Crippen LogP contribution in [0.1, 0.15) is 43.0 Å². The molecule has 3 rings (SSSR count). The van der Waals surface area contributed by atoms with Gasteiger partial charge in [-0.2, -0.15) is 0 Å². The van der Waals surface area contributed by atoms with Gasteiger partial charge >= 0.3 is 0 Å². The van der Waals surface area contributed by atoms with Gasteiger partial charge in [0.05, 0.1) is 16.3 Å². The van der Waals surface area contributed by atoms with Gasteiger partial charge in [-0.3, -0.25) is 4.79 Å². The molecular formula is C19H25Cl2N3O2. The van der Waals surface area contributed by atoms with Gasteiger partial charge in [0.2, 0.25) is 0 Å². The normalized spacial score (nSPS) is 25.7. The highest BCUT2D eigenvalue weighted by Gasteiger charge is 2.39. The molecule has 2 aliphatic heterocycles. The first-order valence-corrected chi connectivity index (χ1v) is 9.01. The molecule has 7 heteroatoms. The number of fused-ring (bicyclic) bond motifs is 2. The first-order chi connectivity index (χ1) is 11.9. The van der Waals surface area contributed by atoms with Crippen LogP contribution < -0.4 is 15.8 Å². The van der Waals surface area contributed by atoms with E-state index in [1.807, 2.05) is 0 Å². The number of hydrogen-bond acceptors (Lipinski definition) is 4. The van der Waals surface area contributed by atoms with Gasteiger partial charge in [-0.1, -0.05) is 17.5 Å². The van der Waals surface area contributed by atoms with Crippen LogP contribution in [0, 0.1) is 12.3 Å². The Kier molecular flexibility index (Phi) is 6.68. The van der Waals surface area contributed by atoms with Crippen LogP contribution >= 0.6 is 24.0 Å². The van der Waals surface area contributed by atoms with Gasteiger partial charge in [0.1, 0.15) is 5.75 Å². The molecule has 3 unspecified atom stereocenters. The van der Waals surface area contributed by atoms with E-state index in [9.17, 15) is 4.79 Å². The molecule has 26 heavy (non-hydrogen) atoms. The van der Waals surface area contributed by atoms with E-state index < -0.39 is 6.10 Å². The van der Waals surface area contributed by atoms with Crippen LogP contribution in [0.25, 0.3) is 0 Å². The third-order valence-corrected chi connectivity index (χ3v) is 5.64. The van der Waals surface area contributed by atoms with Crippen LogP contribution in [0.2, 0.25) is 5.02 Å². The molecule has 1 amide bonds. The Labute approximate surface area is 166 Å². The molecule has 1 aromatic rings. The van der Waals surface area contributed by atoms with Gasteiger partial charge in [-0.05, 0) is 45.7 Å². The number of benzene rings is 1. The zero-order valence-electron chi connectivity index (χ0n) is 15.0. The van der Waals surface area contributed by atoms with Crippen LogP contribution in [0.5, 0.6) is 5.75 Å². The predicted octanol–water partition coefficient (Wildman–Crippen LogP) is 3.10. The van der Waals surface area contributed by atoms with E-state index in [1.54, 1.807) is 19.1 Å². The second kappa shape index (κ2) is 8.39. The molecule has 0 aromatic heterocycles. The molecule has 0 spiro atoms. The number of piperidine rings is 1. The van der Waals surface area contributed by atoms with Gasteiger partial charge < -0.3 is 20.7 Å². The largest absolute Gasteiger partial charge is 0.477 e. The summed E-state index contributed by atoms with van der Waals surface area (Å²) in [5, 5.41) is 3.47. The van der Waals surface area contributed by atoms with Crippen molar-refractivity contribution in [3.63, 3.8) is 0 Å². The van der Waals surface area contributed by atoms with E-state index in [4.69, 9.17) is 28.5 Å². The lowest BCUT2D eigenvalue weighted by Crippen LogP contribution is -2.48. The Balaban J connectivity index is 0.00000243. The predicted molar refractivity (Wildman–Crippen MR) is 107 cm³/mol. The van der Waals surface area contributed by atoms with Gasteiger partial charge in [0.25, 0.3) is 5.91 Å². The Morgan fingerprint density at radius 2 is 2.04 bits per heavy atom. The van der Waals surface area contributed by atoms with Crippen molar-refractivity contribution >= 4 is 35.6 Å². The molecule has 2 heterocycles. The van der Waals surface area contributed by atoms with E-state index in [0.717, 1.165) is 12.8 Å². The summed E-state index contributed by atoms with van der Waals surface area (Å²) in [5.41, 5.74) is 6.57. The number of carbonyl (C=O) groups excluding carboxylic acids is 1. The van der Waals surface area contributed by atoms with E-state index in [2.05, 4.69) is 23.2 Å². The molecule has 3 N–H and O–H groups in total. The monoisotopic (exact) mass is 397 g/mol. The Morgan fingerprint density at radius 3 is 2.62 bits per heavy atom. The summed E-state index contributed by atoms with van der Waals surface area (Å²) >= 11 is 6.11. The van der Waals surface area contributed by atoms with Crippen molar-refractivity contribution in [3.8, 4) is 18.1 Å². The van der Waals surface area contributed by atoms with Gasteiger partial charge in [0, 0.05) is 24.2 Å². The number of hydrogen-bond donors (Lipinski definition) is 2. The van der Waals surface area contributed by atoms with Crippen molar-refractivity contribution in [3.05, 3.63) is 22.7 Å². The zero-order valence-corrected chi connectivity index (χ0v) is 16.6. The second-order valence-corrected chi connectivity index (χ2v) is 7.40. The Morgan fingerprint density at radius 1 is 1.42 bits per heavy atom. The zero-order chi connectivity index (χ0) is 18.1. The fraction of sp³-hybridized carbons (Fsp3) is 0.526. The molecule has 2 saturated heterocycles. The van der Waals surface area contributed by atoms with Crippen molar-refractivity contribution in [2.45, 2.75) is 56.8 Å². The fourth-order valence-corrected chi connectivity index (χ4v) is 4.02. The third-order valence-electron chi connectivity index (χ3n) is 5.32. The van der Waals surface area contributed by atoms with Crippen molar-refractivity contribution < 1.29 is 9.53 Å². The van der Waals surface area contributed by atoms with Gasteiger partial charge in [-0.15, -0.1) is 18.8 Å². The summed E-state index contributed by atoms with van der Waals surface area (Å²) in [7, 11) is 2.17. The van der Waals surface area contributed by atoms with Crippen molar-refractivity contribution in [2.24, 2.45) is 0 Å². The van der Waals surface area contributed by atoms with Crippen LogP contribution in [0.3, 0.4) is 0 Å². The number of ether oxygens (including phenoxy) is 1. The number of nitrogens with one attached hydrogen (secondary N) is 1. The smallest absolute Gasteiger partial charge is 0.255 e. The lowest BCUT2D eigenvalue weighted by Gasteiger charge is -2.36. The first-order valence-electron chi connectivity index (χ1n) is 8.63. The van der Waals surface area contributed by atoms with E-state index in [-0.39, 0.29) is 24.4 Å². The first kappa shape index (κ1) is 20.7. The summed E-state index contributed by atoms with van der Waals surface area (Å²) in [5.74, 6) is 2.65. The van der Waals surface area contributed by atoms with Crippen LogP contribution in [-0.4, -0.2) is 42.1 Å². The van der Waals surface area contributed by atoms with Crippen molar-refractivity contribution in [2.75, 3.05) is 12.8 Å². The molecule has 2 bridgehead atoms. The lowest BCUT2D eigenvalue weighted by atomic mass is 9.97. The van der Waals surface area contributed by atoms with Crippen LogP contribution in [0.15, 0.2) is 12.1 Å². The highest BCUT2D eigenvalue weighted by Crippen LogP contribution is 2.35. The number of carbonyl (C=O) groups is 1. The molecule has 5 nitrogen and oxygen atoms in total. The maximum Gasteiger partial charge on any atom is 0.255 e. The molecule has 142 valence electrons. The average molecular weight is 398 g/mol. The number of nitrogens with zero attached hydrogens (tertiary/aromatic N) is 1. The van der Waals surface area contributed by atoms with E-state index in [0.29, 0.717) is 34.1 Å². The number of rotatable bonds is 4. The Hall–Kier alpha value is -1.61. The summed E-state index contributed by atoms with van der Waals surface area (Å²) < 4.78 is 5.67. The summed E-state index contributed by atoms with van der Waals surface area (Å²) in [4.78, 5) is 15.3. The minimum atomic E-state index is -0.466. The SMILES string of the molecule is C#CC(C)Oc1cc(N)c(Cl)cc1C(=O)NC1CC2CCC(C1)N2C.Cl. The summed E-state index contributed by atoms with van der Waals surface area (Å²) in [6.45, 7) is 1.74. The molecule has 0 radical (unpaired) electrons. The minimum absolute atomic E-state index is 0. The molecule has 3 atom stereocenters. The molecule has 1 aromatic carbocycles. The summed E-state index contributed by atoms with van der Waals surface area (Å²) in [6, 6.07) is 4.38. The standard InChI is InChI=1S/C19H24ClN3O2.ClH/c1-4-11(2)25-18-10-17(21)16(20)9-15(18)19(24)22-12-7-13-5-6-14(8-12)23(13)3;/h1,9-14H,5-8,21H2,2-3H3,(H,22,24);1H. The van der Waals surface area contributed by atoms with Crippen LogP contribution in [0.4, 0.5) is 5.69 Å². The van der Waals surface area contributed by atoms with Gasteiger partial charge in [0.15, 0.2) is 6.10 Å². The van der Waals surface area contributed by atoms with Crippen LogP contribution in [-0.2, 0) is 0 Å². The maximum absolute atomic E-state index is 12.8. The topological polar surface area (TPSA) is 67.6 Å². The highest BCUT2D eigenvalue weighted by atomic mass is 35.5. The average Bonchev–Trinajstić information content (AvgIpc) is 2.79. The molecule has 0 aliphatic carbocycles. The number of nitrogen functional groups attached to an aromatic ring is 1. The number of halogens is 2. The lowest BCUT2D eigenvalue weighted by molar-refractivity contribution is 0.0878. The molecular weight excluding hydrogens is 373 g/mol. The fourth-order valence-electron chi connectivity index (χ4n) is 3.86. The number of amides is 1. The van der Waals surface area contributed by atoms with Gasteiger partial charge in [-0.25, -0.2) is 0 Å². The molecule has 2 fully saturated rings. The molecule has 0 saturated carbocycles. The number of nitrogens with two attached hydrogens (primary N) is 1. The van der Waals surface area contributed by atoms with Crippen molar-refractivity contribution in [1.82, 2.24) is 10.2 Å². The number of terminal acetylenes is 1. The summed E-state index contributed by atoms with van der Waals surface area (Å²) in [6.07, 6.45) is 9.26. The molecule has 2 aliphatic rings.